The summed E-state index contributed by atoms with van der Waals surface area (Å²) in [6, 6.07) is 18.3. The van der Waals surface area contributed by atoms with Crippen LogP contribution in [0.15, 0.2) is 54.6 Å². The van der Waals surface area contributed by atoms with Crippen molar-refractivity contribution in [1.82, 2.24) is 5.32 Å². The van der Waals surface area contributed by atoms with Crippen molar-refractivity contribution in [2.75, 3.05) is 24.5 Å². The molecular weight excluding hydrogens is 413 g/mol. The van der Waals surface area contributed by atoms with Gasteiger partial charge in [0.1, 0.15) is 5.82 Å². The van der Waals surface area contributed by atoms with Crippen LogP contribution in [0.4, 0.5) is 10.1 Å². The van der Waals surface area contributed by atoms with Gasteiger partial charge in [-0.3, -0.25) is 0 Å². The molecule has 1 aliphatic rings. The number of anilines is 1. The topological polar surface area (TPSA) is 59.3 Å². The van der Waals surface area contributed by atoms with E-state index in [2.05, 4.69) is 16.3 Å². The van der Waals surface area contributed by atoms with Crippen molar-refractivity contribution < 1.29 is 9.50 Å². The number of hydrogen-bond donors (Lipinski definition) is 2. The minimum absolute atomic E-state index is 0.265. The molecule has 0 aliphatic carbocycles. The molecule has 1 aliphatic heterocycles. The van der Waals surface area contributed by atoms with E-state index in [0.717, 1.165) is 42.6 Å². The van der Waals surface area contributed by atoms with Crippen molar-refractivity contribution in [3.05, 3.63) is 76.6 Å². The fourth-order valence-electron chi connectivity index (χ4n) is 4.31. The first-order valence-electron chi connectivity index (χ1n) is 10.6. The van der Waals surface area contributed by atoms with Crippen LogP contribution in [0.1, 0.15) is 36.5 Å². The van der Waals surface area contributed by atoms with Crippen LogP contribution in [0.3, 0.4) is 0 Å². The number of benzene rings is 3. The van der Waals surface area contributed by atoms with Gasteiger partial charge in [0.25, 0.3) is 0 Å². The Morgan fingerprint density at radius 2 is 1.87 bits per heavy atom. The fraction of sp³-hybridized carbons (Fsp3) is 0.320. The lowest BCUT2D eigenvalue weighted by atomic mass is 9.98. The molecule has 0 radical (unpaired) electrons. The summed E-state index contributed by atoms with van der Waals surface area (Å²) in [6.45, 7) is 2.46. The second kappa shape index (κ2) is 9.65. The summed E-state index contributed by atoms with van der Waals surface area (Å²) in [5.41, 5.74) is 2.31. The van der Waals surface area contributed by atoms with Crippen LogP contribution in [-0.4, -0.2) is 30.8 Å². The zero-order valence-corrected chi connectivity index (χ0v) is 17.9. The number of hydrogen-bond acceptors (Lipinski definition) is 4. The number of fused-ring (bicyclic) bond motifs is 1. The summed E-state index contributed by atoms with van der Waals surface area (Å²) in [6.07, 6.45) is 1.88. The Kier molecular flexibility index (Phi) is 6.72. The second-order valence-electron chi connectivity index (χ2n) is 7.98. The normalized spacial score (nSPS) is 15.7. The SMILES string of the molecule is N#Cc1ccc(N2CCC(NCCC(O)c3ccc(F)c4ccccc34)CC2)c(Cl)c1. The van der Waals surface area contributed by atoms with Crippen LogP contribution in [-0.2, 0) is 0 Å². The van der Waals surface area contributed by atoms with E-state index in [0.29, 0.717) is 35.0 Å². The van der Waals surface area contributed by atoms with Gasteiger partial charge in [0.2, 0.25) is 0 Å². The molecule has 1 saturated heterocycles. The predicted molar refractivity (Wildman–Crippen MR) is 123 cm³/mol. The molecular formula is C25H25ClFN3O. The van der Waals surface area contributed by atoms with Gasteiger partial charge in [0, 0.05) is 24.5 Å². The monoisotopic (exact) mass is 437 g/mol. The van der Waals surface area contributed by atoms with Gasteiger partial charge in [-0.05, 0) is 61.0 Å². The third kappa shape index (κ3) is 4.83. The molecule has 3 aromatic carbocycles. The van der Waals surface area contributed by atoms with Gasteiger partial charge < -0.3 is 15.3 Å². The quantitative estimate of drug-likeness (QED) is 0.557. The van der Waals surface area contributed by atoms with Crippen LogP contribution >= 0.6 is 11.6 Å². The van der Waals surface area contributed by atoms with Gasteiger partial charge >= 0.3 is 0 Å². The highest BCUT2D eigenvalue weighted by atomic mass is 35.5. The average Bonchev–Trinajstić information content (AvgIpc) is 2.80. The van der Waals surface area contributed by atoms with E-state index in [4.69, 9.17) is 16.9 Å². The average molecular weight is 438 g/mol. The van der Waals surface area contributed by atoms with Crippen LogP contribution in [0, 0.1) is 17.1 Å². The molecule has 4 rings (SSSR count). The van der Waals surface area contributed by atoms with Crippen molar-refractivity contribution in [3.8, 4) is 6.07 Å². The first kappa shape index (κ1) is 21.6. The summed E-state index contributed by atoms with van der Waals surface area (Å²) < 4.78 is 14.0. The highest BCUT2D eigenvalue weighted by Gasteiger charge is 2.21. The van der Waals surface area contributed by atoms with Crippen molar-refractivity contribution in [3.63, 3.8) is 0 Å². The van der Waals surface area contributed by atoms with Gasteiger partial charge in [0.15, 0.2) is 0 Å². The summed E-state index contributed by atoms with van der Waals surface area (Å²) in [7, 11) is 0. The third-order valence-electron chi connectivity index (χ3n) is 6.03. The highest BCUT2D eigenvalue weighted by molar-refractivity contribution is 6.33. The summed E-state index contributed by atoms with van der Waals surface area (Å²) in [5.74, 6) is -0.265. The number of aliphatic hydroxyl groups excluding tert-OH is 1. The maximum atomic E-state index is 14.0. The zero-order valence-electron chi connectivity index (χ0n) is 17.2. The Bertz CT molecular complexity index is 1110. The molecule has 1 unspecified atom stereocenters. The summed E-state index contributed by atoms with van der Waals surface area (Å²) in [5, 5.41) is 25.2. The highest BCUT2D eigenvalue weighted by Crippen LogP contribution is 2.30. The van der Waals surface area contributed by atoms with Gasteiger partial charge in [0.05, 0.1) is 28.4 Å². The molecule has 4 nitrogen and oxygen atoms in total. The molecule has 31 heavy (non-hydrogen) atoms. The Morgan fingerprint density at radius 3 is 2.58 bits per heavy atom. The molecule has 1 fully saturated rings. The van der Waals surface area contributed by atoms with E-state index in [1.807, 2.05) is 18.2 Å². The number of halogens is 2. The zero-order chi connectivity index (χ0) is 21.8. The van der Waals surface area contributed by atoms with Crippen LogP contribution in [0.5, 0.6) is 0 Å². The smallest absolute Gasteiger partial charge is 0.131 e. The van der Waals surface area contributed by atoms with Gasteiger partial charge in [-0.15, -0.1) is 0 Å². The molecule has 160 valence electrons. The molecule has 6 heteroatoms. The first-order chi connectivity index (χ1) is 15.1. The standard InChI is InChI=1S/C25H25ClFN3O/c26-22-15-17(16-28)5-8-24(22)30-13-10-18(11-14-30)29-12-9-25(31)21-6-7-23(27)20-4-2-1-3-19(20)21/h1-8,15,18,25,29,31H,9-14H2. The molecule has 3 aromatic rings. The van der Waals surface area contributed by atoms with E-state index < -0.39 is 6.10 Å². The van der Waals surface area contributed by atoms with Crippen molar-refractivity contribution >= 4 is 28.1 Å². The number of aliphatic hydroxyl groups is 1. The maximum absolute atomic E-state index is 14.0. The van der Waals surface area contributed by atoms with E-state index in [1.165, 1.54) is 6.07 Å². The van der Waals surface area contributed by atoms with Gasteiger partial charge in [-0.25, -0.2) is 4.39 Å². The minimum atomic E-state index is -0.643. The number of nitrogens with one attached hydrogen (secondary N) is 1. The summed E-state index contributed by atoms with van der Waals surface area (Å²) >= 11 is 6.35. The fourth-order valence-corrected chi connectivity index (χ4v) is 4.61. The molecule has 0 saturated carbocycles. The lowest BCUT2D eigenvalue weighted by Gasteiger charge is -2.34. The summed E-state index contributed by atoms with van der Waals surface area (Å²) in [4.78, 5) is 2.25. The molecule has 0 aromatic heterocycles. The van der Waals surface area contributed by atoms with Crippen LogP contribution < -0.4 is 10.2 Å². The van der Waals surface area contributed by atoms with E-state index in [-0.39, 0.29) is 5.82 Å². The number of nitrogens with zero attached hydrogens (tertiary/aromatic N) is 2. The number of rotatable bonds is 6. The molecule has 1 atom stereocenters. The Balaban J connectivity index is 1.29. The van der Waals surface area contributed by atoms with Gasteiger partial charge in [-0.1, -0.05) is 41.9 Å². The molecule has 2 N–H and O–H groups in total. The van der Waals surface area contributed by atoms with Gasteiger partial charge in [-0.2, -0.15) is 5.26 Å². The van der Waals surface area contributed by atoms with E-state index in [9.17, 15) is 9.50 Å². The van der Waals surface area contributed by atoms with Crippen molar-refractivity contribution in [2.45, 2.75) is 31.4 Å². The molecule has 1 heterocycles. The maximum Gasteiger partial charge on any atom is 0.131 e. The number of nitriles is 1. The lowest BCUT2D eigenvalue weighted by molar-refractivity contribution is 0.166. The molecule has 0 bridgehead atoms. The lowest BCUT2D eigenvalue weighted by Crippen LogP contribution is -2.43. The van der Waals surface area contributed by atoms with E-state index in [1.54, 1.807) is 30.3 Å². The van der Waals surface area contributed by atoms with Crippen molar-refractivity contribution in [1.29, 1.82) is 5.26 Å². The Hall–Kier alpha value is -2.65. The third-order valence-corrected chi connectivity index (χ3v) is 6.33. The second-order valence-corrected chi connectivity index (χ2v) is 8.39. The van der Waals surface area contributed by atoms with E-state index >= 15 is 0 Å². The van der Waals surface area contributed by atoms with Crippen molar-refractivity contribution in [2.24, 2.45) is 0 Å². The number of piperidine rings is 1. The first-order valence-corrected chi connectivity index (χ1v) is 11.0. The molecule has 0 amide bonds. The largest absolute Gasteiger partial charge is 0.388 e. The minimum Gasteiger partial charge on any atom is -0.388 e. The Labute approximate surface area is 186 Å². The molecule has 0 spiro atoms. The predicted octanol–water partition coefficient (Wildman–Crippen LogP) is 5.19. The van der Waals surface area contributed by atoms with Crippen LogP contribution in [0.2, 0.25) is 5.02 Å². The van der Waals surface area contributed by atoms with Crippen LogP contribution in [0.25, 0.3) is 10.8 Å². The Morgan fingerprint density at radius 1 is 1.13 bits per heavy atom.